The standard InChI is InChI=1S/C17H25BO3/c1-16(2)17(3,4)21-18(20-16)14-10-8-13(9-11-14)15-7-5-6-12-19-15/h8-11,15H,5-7,12H2,1-4H3. The number of ether oxygens (including phenoxy) is 1. The third-order valence-corrected chi connectivity index (χ3v) is 5.01. The molecule has 0 aliphatic carbocycles. The third-order valence-electron chi connectivity index (χ3n) is 5.01. The number of rotatable bonds is 2. The van der Waals surface area contributed by atoms with E-state index in [1.54, 1.807) is 0 Å². The zero-order valence-electron chi connectivity index (χ0n) is 13.5. The van der Waals surface area contributed by atoms with Gasteiger partial charge in [-0.2, -0.15) is 0 Å². The highest BCUT2D eigenvalue weighted by atomic mass is 16.7. The Bertz CT molecular complexity index is 473. The lowest BCUT2D eigenvalue weighted by Gasteiger charge is -2.32. The Morgan fingerprint density at radius 1 is 0.952 bits per heavy atom. The van der Waals surface area contributed by atoms with Crippen molar-refractivity contribution in [3.63, 3.8) is 0 Å². The second kappa shape index (κ2) is 5.42. The molecule has 1 aromatic rings. The van der Waals surface area contributed by atoms with Gasteiger partial charge >= 0.3 is 7.12 Å². The van der Waals surface area contributed by atoms with Crippen LogP contribution in [0.15, 0.2) is 24.3 Å². The second-order valence-corrected chi connectivity index (χ2v) is 7.11. The molecular weight excluding hydrogens is 263 g/mol. The van der Waals surface area contributed by atoms with Crippen LogP contribution in [0.2, 0.25) is 0 Å². The van der Waals surface area contributed by atoms with Crippen molar-refractivity contribution in [3.8, 4) is 0 Å². The van der Waals surface area contributed by atoms with E-state index in [-0.39, 0.29) is 24.4 Å². The Kier molecular flexibility index (Phi) is 3.89. The SMILES string of the molecule is CC1(C)OB(c2ccc(C3CCCCO3)cc2)OC1(C)C. The molecule has 2 saturated heterocycles. The Balaban J connectivity index is 1.73. The predicted octanol–water partition coefficient (Wildman–Crippen LogP) is 3.23. The van der Waals surface area contributed by atoms with Crippen molar-refractivity contribution < 1.29 is 14.0 Å². The lowest BCUT2D eigenvalue weighted by Crippen LogP contribution is -2.41. The molecule has 2 aliphatic rings. The average molecular weight is 288 g/mol. The molecule has 0 saturated carbocycles. The van der Waals surface area contributed by atoms with Gasteiger partial charge in [0.05, 0.1) is 17.3 Å². The highest BCUT2D eigenvalue weighted by Crippen LogP contribution is 2.36. The molecule has 2 fully saturated rings. The van der Waals surface area contributed by atoms with Crippen LogP contribution in [0.1, 0.15) is 58.6 Å². The van der Waals surface area contributed by atoms with Crippen molar-refractivity contribution >= 4 is 12.6 Å². The minimum Gasteiger partial charge on any atom is -0.399 e. The Morgan fingerprint density at radius 3 is 2.10 bits per heavy atom. The maximum absolute atomic E-state index is 6.08. The molecule has 0 radical (unpaired) electrons. The molecule has 0 spiro atoms. The van der Waals surface area contributed by atoms with E-state index in [2.05, 4.69) is 52.0 Å². The van der Waals surface area contributed by atoms with Crippen LogP contribution < -0.4 is 5.46 Å². The molecule has 1 unspecified atom stereocenters. The van der Waals surface area contributed by atoms with Gasteiger partial charge in [-0.15, -0.1) is 0 Å². The van der Waals surface area contributed by atoms with Crippen molar-refractivity contribution in [2.45, 2.75) is 64.3 Å². The Hall–Kier alpha value is -0.835. The van der Waals surface area contributed by atoms with E-state index in [9.17, 15) is 0 Å². The molecule has 4 heteroatoms. The molecule has 21 heavy (non-hydrogen) atoms. The van der Waals surface area contributed by atoms with Crippen LogP contribution in [0.3, 0.4) is 0 Å². The fourth-order valence-electron chi connectivity index (χ4n) is 2.85. The van der Waals surface area contributed by atoms with E-state index in [1.165, 1.54) is 18.4 Å². The van der Waals surface area contributed by atoms with E-state index in [0.717, 1.165) is 18.5 Å². The monoisotopic (exact) mass is 288 g/mol. The summed E-state index contributed by atoms with van der Waals surface area (Å²) in [5.74, 6) is 0. The van der Waals surface area contributed by atoms with Crippen molar-refractivity contribution in [1.29, 1.82) is 0 Å². The van der Waals surface area contributed by atoms with Crippen LogP contribution in [-0.4, -0.2) is 24.9 Å². The first kappa shape index (κ1) is 15.1. The summed E-state index contributed by atoms with van der Waals surface area (Å²) in [6.45, 7) is 9.20. The molecule has 2 aliphatic heterocycles. The smallest absolute Gasteiger partial charge is 0.399 e. The van der Waals surface area contributed by atoms with E-state index >= 15 is 0 Å². The van der Waals surface area contributed by atoms with Crippen molar-refractivity contribution in [2.24, 2.45) is 0 Å². The minimum absolute atomic E-state index is 0.256. The van der Waals surface area contributed by atoms with Gasteiger partial charge in [-0.3, -0.25) is 0 Å². The van der Waals surface area contributed by atoms with E-state index in [4.69, 9.17) is 14.0 Å². The summed E-state index contributed by atoms with van der Waals surface area (Å²) < 4.78 is 18.0. The van der Waals surface area contributed by atoms with Gasteiger partial charge in [-0.1, -0.05) is 24.3 Å². The van der Waals surface area contributed by atoms with Crippen LogP contribution >= 0.6 is 0 Å². The number of hydrogen-bond donors (Lipinski definition) is 0. The number of hydrogen-bond acceptors (Lipinski definition) is 3. The fraction of sp³-hybridized carbons (Fsp3) is 0.647. The molecule has 3 nitrogen and oxygen atoms in total. The first-order valence-electron chi connectivity index (χ1n) is 7.96. The quantitative estimate of drug-likeness (QED) is 0.782. The molecule has 1 atom stereocenters. The Labute approximate surface area is 128 Å². The van der Waals surface area contributed by atoms with Gasteiger partial charge in [0.25, 0.3) is 0 Å². The summed E-state index contributed by atoms with van der Waals surface area (Å²) in [6, 6.07) is 8.51. The molecule has 0 bridgehead atoms. The van der Waals surface area contributed by atoms with Gasteiger partial charge < -0.3 is 14.0 Å². The summed E-state index contributed by atoms with van der Waals surface area (Å²) >= 11 is 0. The van der Waals surface area contributed by atoms with Crippen LogP contribution in [0, 0.1) is 0 Å². The van der Waals surface area contributed by atoms with E-state index in [1.807, 2.05) is 0 Å². The second-order valence-electron chi connectivity index (χ2n) is 7.11. The van der Waals surface area contributed by atoms with Crippen molar-refractivity contribution in [1.82, 2.24) is 0 Å². The molecule has 2 heterocycles. The molecular formula is C17H25BO3. The number of benzene rings is 1. The molecule has 0 N–H and O–H groups in total. The zero-order chi connectivity index (χ0) is 15.1. The highest BCUT2D eigenvalue weighted by Gasteiger charge is 2.51. The van der Waals surface area contributed by atoms with Crippen LogP contribution in [0.25, 0.3) is 0 Å². The van der Waals surface area contributed by atoms with Crippen LogP contribution in [0.4, 0.5) is 0 Å². The van der Waals surface area contributed by atoms with Crippen LogP contribution in [0.5, 0.6) is 0 Å². The normalized spacial score (nSPS) is 27.8. The highest BCUT2D eigenvalue weighted by molar-refractivity contribution is 6.62. The topological polar surface area (TPSA) is 27.7 Å². The predicted molar refractivity (Wildman–Crippen MR) is 84.7 cm³/mol. The van der Waals surface area contributed by atoms with E-state index in [0.29, 0.717) is 0 Å². The van der Waals surface area contributed by atoms with Gasteiger partial charge in [-0.25, -0.2) is 0 Å². The molecule has 0 amide bonds. The average Bonchev–Trinajstić information content (AvgIpc) is 2.69. The molecule has 114 valence electrons. The molecule has 0 aromatic heterocycles. The van der Waals surface area contributed by atoms with Gasteiger partial charge in [-0.05, 0) is 58.0 Å². The maximum atomic E-state index is 6.08. The molecule has 3 rings (SSSR count). The summed E-state index contributed by atoms with van der Waals surface area (Å²) in [6.07, 6.45) is 3.81. The van der Waals surface area contributed by atoms with Crippen molar-refractivity contribution in [2.75, 3.05) is 6.61 Å². The Morgan fingerprint density at radius 2 is 1.57 bits per heavy atom. The largest absolute Gasteiger partial charge is 0.494 e. The fourth-order valence-corrected chi connectivity index (χ4v) is 2.85. The first-order valence-corrected chi connectivity index (χ1v) is 7.96. The van der Waals surface area contributed by atoms with Gasteiger partial charge in [0.15, 0.2) is 0 Å². The van der Waals surface area contributed by atoms with Gasteiger partial charge in [0, 0.05) is 6.61 Å². The summed E-state index contributed by atoms with van der Waals surface area (Å²) in [5.41, 5.74) is 1.76. The van der Waals surface area contributed by atoms with Crippen LogP contribution in [-0.2, 0) is 14.0 Å². The van der Waals surface area contributed by atoms with Crippen molar-refractivity contribution in [3.05, 3.63) is 29.8 Å². The van der Waals surface area contributed by atoms with E-state index < -0.39 is 0 Å². The zero-order valence-corrected chi connectivity index (χ0v) is 13.5. The third kappa shape index (κ3) is 2.89. The van der Waals surface area contributed by atoms with Gasteiger partial charge in [0.2, 0.25) is 0 Å². The first-order chi connectivity index (χ1) is 9.89. The summed E-state index contributed by atoms with van der Waals surface area (Å²) in [5, 5.41) is 0. The lowest BCUT2D eigenvalue weighted by atomic mass is 9.78. The lowest BCUT2D eigenvalue weighted by molar-refractivity contribution is 0.00578. The minimum atomic E-state index is -0.289. The van der Waals surface area contributed by atoms with Gasteiger partial charge in [0.1, 0.15) is 0 Å². The summed E-state index contributed by atoms with van der Waals surface area (Å²) in [4.78, 5) is 0. The molecule has 1 aromatic carbocycles. The maximum Gasteiger partial charge on any atom is 0.494 e. The summed E-state index contributed by atoms with van der Waals surface area (Å²) in [7, 11) is -0.281.